The summed E-state index contributed by atoms with van der Waals surface area (Å²) in [6, 6.07) is 6.88. The molecule has 1 saturated heterocycles. The summed E-state index contributed by atoms with van der Waals surface area (Å²) in [5.41, 5.74) is 0.481. The lowest BCUT2D eigenvalue weighted by Gasteiger charge is -2.34. The van der Waals surface area contributed by atoms with Crippen molar-refractivity contribution in [2.24, 2.45) is 0 Å². The second-order valence-corrected chi connectivity index (χ2v) is 5.47. The van der Waals surface area contributed by atoms with Crippen LogP contribution in [0.2, 0.25) is 0 Å². The van der Waals surface area contributed by atoms with Crippen LogP contribution < -0.4 is 10.2 Å². The van der Waals surface area contributed by atoms with Crippen LogP contribution in [0.25, 0.3) is 0 Å². The van der Waals surface area contributed by atoms with Crippen molar-refractivity contribution in [2.75, 3.05) is 45.9 Å². The Kier molecular flexibility index (Phi) is 6.51. The normalized spacial score (nSPS) is 16.9. The molecule has 0 spiro atoms. The lowest BCUT2D eigenvalue weighted by atomic mass is 9.80. The van der Waals surface area contributed by atoms with Gasteiger partial charge in [-0.3, -0.25) is 4.90 Å². The van der Waals surface area contributed by atoms with Gasteiger partial charge in [0.2, 0.25) is 0 Å². The lowest BCUT2D eigenvalue weighted by Crippen LogP contribution is -2.47. The summed E-state index contributed by atoms with van der Waals surface area (Å²) in [4.78, 5) is 4.94. The van der Waals surface area contributed by atoms with Crippen LogP contribution in [0.5, 0.6) is 5.75 Å². The fraction of sp³-hybridized carbons (Fsp3) is 0.600. The van der Waals surface area contributed by atoms with Crippen LogP contribution in [0.4, 0.5) is 0 Å². The number of hydrogen-bond acceptors (Lipinski definition) is 5. The van der Waals surface area contributed by atoms with Crippen molar-refractivity contribution in [1.29, 1.82) is 0 Å². The van der Waals surface area contributed by atoms with Crippen LogP contribution in [0.15, 0.2) is 24.3 Å². The molecule has 1 aliphatic rings. The molecule has 0 atom stereocenters. The Morgan fingerprint density at radius 1 is 1.00 bits per heavy atom. The third kappa shape index (κ3) is 5.32. The average Bonchev–Trinajstić information content (AvgIpc) is 2.50. The summed E-state index contributed by atoms with van der Waals surface area (Å²) in [5, 5.41) is 18.0. The molecule has 1 aromatic rings. The molecule has 21 heavy (non-hydrogen) atoms. The van der Waals surface area contributed by atoms with Gasteiger partial charge in [0.25, 0.3) is 0 Å². The first-order valence-corrected chi connectivity index (χ1v) is 7.72. The van der Waals surface area contributed by atoms with Gasteiger partial charge >= 0.3 is 7.12 Å². The Hall–Kier alpha value is -1.08. The Morgan fingerprint density at radius 2 is 1.57 bits per heavy atom. The number of ether oxygens (including phenoxy) is 1. The molecule has 1 aliphatic heterocycles. The molecule has 0 radical (unpaired) electrons. The van der Waals surface area contributed by atoms with E-state index in [1.54, 1.807) is 24.3 Å². The summed E-state index contributed by atoms with van der Waals surface area (Å²) in [6.07, 6.45) is 1.22. The van der Waals surface area contributed by atoms with Crippen molar-refractivity contribution in [3.63, 3.8) is 0 Å². The minimum absolute atomic E-state index is 0.481. The zero-order chi connectivity index (χ0) is 15.1. The van der Waals surface area contributed by atoms with E-state index in [1.165, 1.54) is 13.0 Å². The largest absolute Gasteiger partial charge is 0.492 e. The molecule has 0 bridgehead atoms. The van der Waals surface area contributed by atoms with E-state index in [4.69, 9.17) is 14.8 Å². The Morgan fingerprint density at radius 3 is 2.10 bits per heavy atom. The van der Waals surface area contributed by atoms with Crippen molar-refractivity contribution in [3.8, 4) is 5.75 Å². The number of benzene rings is 1. The second kappa shape index (κ2) is 8.39. The van der Waals surface area contributed by atoms with Crippen LogP contribution in [-0.2, 0) is 0 Å². The third-order valence-corrected chi connectivity index (χ3v) is 3.86. The van der Waals surface area contributed by atoms with Crippen LogP contribution >= 0.6 is 0 Å². The maximum Gasteiger partial charge on any atom is 0.488 e. The van der Waals surface area contributed by atoms with Gasteiger partial charge in [-0.1, -0.05) is 19.1 Å². The zero-order valence-corrected chi connectivity index (χ0v) is 12.7. The monoisotopic (exact) mass is 292 g/mol. The quantitative estimate of drug-likeness (QED) is 0.680. The van der Waals surface area contributed by atoms with Crippen molar-refractivity contribution >= 4 is 12.6 Å². The van der Waals surface area contributed by atoms with Gasteiger partial charge in [0, 0.05) is 32.7 Å². The summed E-state index contributed by atoms with van der Waals surface area (Å²) in [6.45, 7) is 9.54. The first-order chi connectivity index (χ1) is 10.2. The maximum absolute atomic E-state index is 9.02. The smallest absolute Gasteiger partial charge is 0.488 e. The van der Waals surface area contributed by atoms with Crippen LogP contribution in [0, 0.1) is 0 Å². The SMILES string of the molecule is CCCN1CCN(CCOc2ccc(B(O)O)cc2)CC1. The Bertz CT molecular complexity index is 406. The van der Waals surface area contributed by atoms with E-state index >= 15 is 0 Å². The van der Waals surface area contributed by atoms with Gasteiger partial charge in [-0.15, -0.1) is 0 Å². The van der Waals surface area contributed by atoms with E-state index in [1.807, 2.05) is 0 Å². The van der Waals surface area contributed by atoms with Gasteiger partial charge in [-0.05, 0) is 30.6 Å². The summed E-state index contributed by atoms with van der Waals surface area (Å²) in [5.74, 6) is 0.768. The first kappa shape index (κ1) is 16.3. The predicted octanol–water partition coefficient (Wildman–Crippen LogP) is -0.227. The summed E-state index contributed by atoms with van der Waals surface area (Å²) in [7, 11) is -1.42. The molecule has 0 amide bonds. The molecule has 1 fully saturated rings. The highest BCUT2D eigenvalue weighted by Gasteiger charge is 2.15. The van der Waals surface area contributed by atoms with E-state index in [-0.39, 0.29) is 0 Å². The molecule has 0 aromatic heterocycles. The summed E-state index contributed by atoms with van der Waals surface area (Å²) >= 11 is 0. The standard InChI is InChI=1S/C15H25BN2O3/c1-2-7-17-8-10-18(11-9-17)12-13-21-15-5-3-14(4-6-15)16(19)20/h3-6,19-20H,2,7-13H2,1H3. The van der Waals surface area contributed by atoms with Gasteiger partial charge < -0.3 is 19.7 Å². The van der Waals surface area contributed by atoms with Gasteiger partial charge in [0.15, 0.2) is 0 Å². The Labute approximate surface area is 127 Å². The molecule has 5 nitrogen and oxygen atoms in total. The van der Waals surface area contributed by atoms with E-state index in [0.29, 0.717) is 12.1 Å². The van der Waals surface area contributed by atoms with Gasteiger partial charge in [0.05, 0.1) is 0 Å². The highest BCUT2D eigenvalue weighted by molar-refractivity contribution is 6.58. The number of rotatable bonds is 7. The molecule has 1 heterocycles. The molecule has 0 unspecified atom stereocenters. The zero-order valence-electron chi connectivity index (χ0n) is 12.7. The number of nitrogens with zero attached hydrogens (tertiary/aromatic N) is 2. The van der Waals surface area contributed by atoms with E-state index in [9.17, 15) is 0 Å². The molecule has 116 valence electrons. The minimum atomic E-state index is -1.42. The molecule has 0 aliphatic carbocycles. The molecule has 0 saturated carbocycles. The highest BCUT2D eigenvalue weighted by Crippen LogP contribution is 2.08. The van der Waals surface area contributed by atoms with Gasteiger partial charge in [0.1, 0.15) is 12.4 Å². The van der Waals surface area contributed by atoms with Crippen molar-refractivity contribution in [2.45, 2.75) is 13.3 Å². The number of piperazine rings is 1. The maximum atomic E-state index is 9.02. The summed E-state index contributed by atoms with van der Waals surface area (Å²) < 4.78 is 5.70. The van der Waals surface area contributed by atoms with Crippen LogP contribution in [0.3, 0.4) is 0 Å². The van der Waals surface area contributed by atoms with Crippen molar-refractivity contribution in [1.82, 2.24) is 9.80 Å². The van der Waals surface area contributed by atoms with Crippen molar-refractivity contribution in [3.05, 3.63) is 24.3 Å². The van der Waals surface area contributed by atoms with E-state index in [0.717, 1.165) is 38.5 Å². The third-order valence-electron chi connectivity index (χ3n) is 3.86. The number of hydrogen-bond donors (Lipinski definition) is 2. The first-order valence-electron chi connectivity index (χ1n) is 7.72. The fourth-order valence-electron chi connectivity index (χ4n) is 2.58. The van der Waals surface area contributed by atoms with Crippen molar-refractivity contribution < 1.29 is 14.8 Å². The van der Waals surface area contributed by atoms with E-state index < -0.39 is 7.12 Å². The van der Waals surface area contributed by atoms with Crippen LogP contribution in [-0.4, -0.2) is 72.8 Å². The molecular weight excluding hydrogens is 267 g/mol. The minimum Gasteiger partial charge on any atom is -0.492 e. The molecule has 6 heteroatoms. The topological polar surface area (TPSA) is 56.2 Å². The second-order valence-electron chi connectivity index (χ2n) is 5.47. The Balaban J connectivity index is 1.65. The van der Waals surface area contributed by atoms with Gasteiger partial charge in [-0.2, -0.15) is 0 Å². The lowest BCUT2D eigenvalue weighted by molar-refractivity contribution is 0.117. The predicted molar refractivity (Wildman–Crippen MR) is 84.9 cm³/mol. The van der Waals surface area contributed by atoms with Crippen LogP contribution in [0.1, 0.15) is 13.3 Å². The van der Waals surface area contributed by atoms with E-state index in [2.05, 4.69) is 16.7 Å². The van der Waals surface area contributed by atoms with Gasteiger partial charge in [-0.25, -0.2) is 0 Å². The molecule has 1 aromatic carbocycles. The average molecular weight is 292 g/mol. The molecule has 2 N–H and O–H groups in total. The molecular formula is C15H25BN2O3. The fourth-order valence-corrected chi connectivity index (χ4v) is 2.58. The molecule has 2 rings (SSSR count). The highest BCUT2D eigenvalue weighted by atomic mass is 16.5.